The van der Waals surface area contributed by atoms with Crippen LogP contribution >= 0.6 is 0 Å². The molecule has 0 aromatic heterocycles. The zero-order valence-electron chi connectivity index (χ0n) is 10.7. The minimum atomic E-state index is -0.340. The number of rotatable bonds is 6. The summed E-state index contributed by atoms with van der Waals surface area (Å²) in [6.45, 7) is 7.81. The molecule has 3 heteroatoms. The highest BCUT2D eigenvalue weighted by atomic mass is 28.2. The molecule has 0 heterocycles. The molecule has 0 radical (unpaired) electrons. The summed E-state index contributed by atoms with van der Waals surface area (Å²) in [6.07, 6.45) is 7.63. The third-order valence-corrected chi connectivity index (χ3v) is 6.56. The number of fused-ring (bicyclic) bond motifs is 2. The lowest BCUT2D eigenvalue weighted by atomic mass is 10.1. The van der Waals surface area contributed by atoms with Crippen LogP contribution in [0.3, 0.4) is 0 Å². The Morgan fingerprint density at radius 3 is 2.31 bits per heavy atom. The van der Waals surface area contributed by atoms with E-state index in [-0.39, 0.29) is 14.9 Å². The van der Waals surface area contributed by atoms with Gasteiger partial charge >= 0.3 is 0 Å². The van der Waals surface area contributed by atoms with E-state index in [9.17, 15) is 0 Å². The Bertz CT molecular complexity index is 259. The van der Waals surface area contributed by atoms with Gasteiger partial charge in [-0.2, -0.15) is 0 Å². The van der Waals surface area contributed by atoms with Gasteiger partial charge in [-0.05, 0) is 51.0 Å². The summed E-state index contributed by atoms with van der Waals surface area (Å²) >= 11 is 0. The first-order valence-corrected chi connectivity index (χ1v) is 8.15. The molecule has 1 saturated carbocycles. The lowest BCUT2D eigenvalue weighted by Crippen LogP contribution is -2.42. The van der Waals surface area contributed by atoms with Gasteiger partial charge in [-0.25, -0.2) is 0 Å². The van der Waals surface area contributed by atoms with Crippen LogP contribution in [0, 0.1) is 11.8 Å². The fourth-order valence-corrected chi connectivity index (χ4v) is 6.22. The van der Waals surface area contributed by atoms with Crippen LogP contribution in [0.15, 0.2) is 12.2 Å². The summed E-state index contributed by atoms with van der Waals surface area (Å²) in [6, 6.07) is 0. The molecule has 2 aliphatic rings. The molecule has 0 N–H and O–H groups in total. The second-order valence-corrected chi connectivity index (χ2v) is 7.99. The Balaban J connectivity index is 1.93. The van der Waals surface area contributed by atoms with Crippen molar-refractivity contribution in [2.75, 3.05) is 13.2 Å². The maximum atomic E-state index is 5.85. The van der Waals surface area contributed by atoms with Gasteiger partial charge in [-0.15, -0.1) is 0 Å². The van der Waals surface area contributed by atoms with Gasteiger partial charge in [-0.3, -0.25) is 0 Å². The summed E-state index contributed by atoms with van der Waals surface area (Å²) < 4.78 is 11.7. The minimum absolute atomic E-state index is 0.230. The molecule has 92 valence electrons. The van der Waals surface area contributed by atoms with Gasteiger partial charge in [0, 0.05) is 13.2 Å². The normalized spacial score (nSPS) is 33.3. The van der Waals surface area contributed by atoms with Gasteiger partial charge in [0.1, 0.15) is 5.41 Å². The van der Waals surface area contributed by atoms with Crippen LogP contribution in [0.1, 0.15) is 33.6 Å². The summed E-state index contributed by atoms with van der Waals surface area (Å²) in [5.74, 6) is 1.71. The van der Waals surface area contributed by atoms with Crippen molar-refractivity contribution in [2.45, 2.75) is 44.6 Å². The highest BCUT2D eigenvalue weighted by Crippen LogP contribution is 2.47. The van der Waals surface area contributed by atoms with Crippen LogP contribution in [0.2, 0.25) is 5.54 Å². The molecule has 2 aliphatic carbocycles. The Kier molecular flexibility index (Phi) is 3.87. The first kappa shape index (κ1) is 12.3. The fraction of sp³-hybridized carbons (Fsp3) is 0.846. The topological polar surface area (TPSA) is 18.5 Å². The van der Waals surface area contributed by atoms with Gasteiger partial charge in [0.05, 0.1) is 9.52 Å². The van der Waals surface area contributed by atoms with E-state index >= 15 is 0 Å². The van der Waals surface area contributed by atoms with E-state index in [1.54, 1.807) is 0 Å². The molecular formula is C13H24O2Si. The zero-order valence-corrected chi connectivity index (χ0v) is 12.2. The highest BCUT2D eigenvalue weighted by molar-refractivity contribution is 6.41. The van der Waals surface area contributed by atoms with E-state index in [0.717, 1.165) is 30.6 Å². The predicted molar refractivity (Wildman–Crippen MR) is 69.3 cm³/mol. The molecule has 0 saturated heterocycles. The van der Waals surface area contributed by atoms with Crippen LogP contribution in [-0.2, 0) is 9.47 Å². The standard InChI is InChI=1S/C13H24O2Si/c1-4-14-13(3,15-5-2)16-12-9-10-6-7-11(12)8-10/h6-7,10-12H,4-5,8-9,16H2,1-3H3. The van der Waals surface area contributed by atoms with Crippen LogP contribution in [0.25, 0.3) is 0 Å². The van der Waals surface area contributed by atoms with Crippen molar-refractivity contribution >= 4 is 9.52 Å². The first-order valence-electron chi connectivity index (χ1n) is 6.63. The third kappa shape index (κ3) is 2.58. The van der Waals surface area contributed by atoms with Gasteiger partial charge in [0.2, 0.25) is 0 Å². The zero-order chi connectivity index (χ0) is 11.6. The molecule has 2 rings (SSSR count). The largest absolute Gasteiger partial charge is 0.355 e. The number of hydrogen-bond acceptors (Lipinski definition) is 2. The minimum Gasteiger partial charge on any atom is -0.355 e. The van der Waals surface area contributed by atoms with Gasteiger partial charge in [0.25, 0.3) is 0 Å². The molecule has 2 nitrogen and oxygen atoms in total. The van der Waals surface area contributed by atoms with Crippen molar-refractivity contribution in [1.82, 2.24) is 0 Å². The predicted octanol–water partition coefficient (Wildman–Crippen LogP) is 2.29. The fourth-order valence-electron chi connectivity index (χ4n) is 3.38. The number of allylic oxidation sites excluding steroid dienone is 2. The molecule has 2 bridgehead atoms. The molecule has 3 unspecified atom stereocenters. The second-order valence-electron chi connectivity index (χ2n) is 5.24. The van der Waals surface area contributed by atoms with Crippen LogP contribution in [0.5, 0.6) is 0 Å². The van der Waals surface area contributed by atoms with Crippen LogP contribution < -0.4 is 0 Å². The Hall–Kier alpha value is -0.123. The second kappa shape index (κ2) is 5.03. The number of ether oxygens (including phenoxy) is 2. The lowest BCUT2D eigenvalue weighted by Gasteiger charge is -2.33. The van der Waals surface area contributed by atoms with E-state index in [0.29, 0.717) is 0 Å². The molecule has 16 heavy (non-hydrogen) atoms. The molecule has 1 fully saturated rings. The molecule has 0 spiro atoms. The summed E-state index contributed by atoms with van der Waals surface area (Å²) in [5.41, 5.74) is 0.671. The summed E-state index contributed by atoms with van der Waals surface area (Å²) in [4.78, 5) is 0. The average Bonchev–Trinajstić information content (AvgIpc) is 2.79. The van der Waals surface area contributed by atoms with E-state index in [4.69, 9.17) is 9.47 Å². The van der Waals surface area contributed by atoms with Crippen LogP contribution in [0.4, 0.5) is 0 Å². The average molecular weight is 240 g/mol. The molecule has 0 aromatic rings. The maximum Gasteiger partial charge on any atom is 0.142 e. The number of hydrogen-bond donors (Lipinski definition) is 0. The van der Waals surface area contributed by atoms with Gasteiger partial charge < -0.3 is 9.47 Å². The van der Waals surface area contributed by atoms with Gasteiger partial charge in [-0.1, -0.05) is 12.2 Å². The monoisotopic (exact) mass is 240 g/mol. The van der Waals surface area contributed by atoms with Crippen molar-refractivity contribution < 1.29 is 9.47 Å². The van der Waals surface area contributed by atoms with Crippen LogP contribution in [-0.4, -0.2) is 28.1 Å². The van der Waals surface area contributed by atoms with Gasteiger partial charge in [0.15, 0.2) is 0 Å². The van der Waals surface area contributed by atoms with Crippen molar-refractivity contribution in [2.24, 2.45) is 11.8 Å². The Morgan fingerprint density at radius 2 is 1.88 bits per heavy atom. The third-order valence-electron chi connectivity index (χ3n) is 3.95. The summed E-state index contributed by atoms with van der Waals surface area (Å²) in [5, 5.41) is 0. The van der Waals surface area contributed by atoms with Crippen molar-refractivity contribution in [3.8, 4) is 0 Å². The summed E-state index contributed by atoms with van der Waals surface area (Å²) in [7, 11) is -0.340. The lowest BCUT2D eigenvalue weighted by molar-refractivity contribution is -0.163. The molecule has 0 amide bonds. The van der Waals surface area contributed by atoms with E-state index < -0.39 is 0 Å². The molecule has 3 atom stereocenters. The van der Waals surface area contributed by atoms with Crippen molar-refractivity contribution in [3.05, 3.63) is 12.2 Å². The molecule has 0 aromatic carbocycles. The Labute approximate surface area is 101 Å². The molecule has 0 aliphatic heterocycles. The van der Waals surface area contributed by atoms with E-state index in [1.807, 2.05) is 0 Å². The quantitative estimate of drug-likeness (QED) is 0.403. The Morgan fingerprint density at radius 1 is 1.19 bits per heavy atom. The van der Waals surface area contributed by atoms with Crippen molar-refractivity contribution in [1.29, 1.82) is 0 Å². The molecular weight excluding hydrogens is 216 g/mol. The van der Waals surface area contributed by atoms with E-state index in [1.165, 1.54) is 12.8 Å². The first-order chi connectivity index (χ1) is 7.67. The smallest absolute Gasteiger partial charge is 0.142 e. The highest BCUT2D eigenvalue weighted by Gasteiger charge is 2.40. The van der Waals surface area contributed by atoms with Crippen molar-refractivity contribution in [3.63, 3.8) is 0 Å². The maximum absolute atomic E-state index is 5.85. The van der Waals surface area contributed by atoms with E-state index in [2.05, 4.69) is 32.9 Å². The SMILES string of the molecule is CCOC(C)(OCC)[SiH2]C1CC2C=CC1C2.